The van der Waals surface area contributed by atoms with Crippen LogP contribution in [0.15, 0.2) is 18.2 Å². The lowest BCUT2D eigenvalue weighted by atomic mass is 9.89. The third-order valence-electron chi connectivity index (χ3n) is 7.92. The fourth-order valence-electron chi connectivity index (χ4n) is 5.51. The van der Waals surface area contributed by atoms with Crippen LogP contribution in [0, 0.1) is 17.8 Å². The van der Waals surface area contributed by atoms with E-state index in [1.165, 1.54) is 32.1 Å². The normalized spacial score (nSPS) is 24.7. The topological polar surface area (TPSA) is 82.1 Å². The second kappa shape index (κ2) is 11.7. The number of nitrogens with zero attached hydrogens (tertiary/aromatic N) is 2. The van der Waals surface area contributed by atoms with Gasteiger partial charge in [0.05, 0.1) is 19.1 Å². The van der Waals surface area contributed by atoms with E-state index in [0.717, 1.165) is 37.4 Å². The lowest BCUT2D eigenvalue weighted by molar-refractivity contribution is -0.134. The number of amides is 2. The van der Waals surface area contributed by atoms with Crippen LogP contribution in [0.3, 0.4) is 0 Å². The van der Waals surface area contributed by atoms with Gasteiger partial charge < -0.3 is 25.0 Å². The molecular formula is C28H43N3O4. The van der Waals surface area contributed by atoms with Gasteiger partial charge in [-0.05, 0) is 63.8 Å². The van der Waals surface area contributed by atoms with Crippen molar-refractivity contribution in [2.45, 2.75) is 77.4 Å². The van der Waals surface area contributed by atoms with Crippen LogP contribution in [0.2, 0.25) is 0 Å². The minimum Gasteiger partial charge on any atom is -0.488 e. The molecule has 35 heavy (non-hydrogen) atoms. The third kappa shape index (κ3) is 6.98. The zero-order chi connectivity index (χ0) is 24.9. The van der Waals surface area contributed by atoms with Crippen molar-refractivity contribution in [1.82, 2.24) is 9.80 Å². The van der Waals surface area contributed by atoms with Crippen molar-refractivity contribution >= 4 is 17.5 Å². The number of nitrogens with one attached hydrogen (secondary N) is 1. The van der Waals surface area contributed by atoms with E-state index in [2.05, 4.69) is 24.2 Å². The van der Waals surface area contributed by atoms with Crippen molar-refractivity contribution in [3.05, 3.63) is 23.8 Å². The average Bonchev–Trinajstić information content (AvgIpc) is 3.68. The molecule has 2 fully saturated rings. The minimum absolute atomic E-state index is 0.0230. The maximum Gasteiger partial charge on any atom is 0.227 e. The lowest BCUT2D eigenvalue weighted by Gasteiger charge is -2.35. The number of hydrogen-bond acceptors (Lipinski definition) is 5. The van der Waals surface area contributed by atoms with Gasteiger partial charge in [0.2, 0.25) is 11.8 Å². The Hall–Kier alpha value is -2.12. The van der Waals surface area contributed by atoms with Crippen molar-refractivity contribution in [3.63, 3.8) is 0 Å². The summed E-state index contributed by atoms with van der Waals surface area (Å²) in [5.41, 5.74) is 1.49. The number of benzene rings is 1. The number of rotatable bonds is 8. The van der Waals surface area contributed by atoms with Gasteiger partial charge in [-0.3, -0.25) is 9.59 Å². The Bertz CT molecular complexity index is 881. The number of carbonyl (C=O) groups is 2. The van der Waals surface area contributed by atoms with Gasteiger partial charge in [-0.15, -0.1) is 0 Å². The molecule has 2 saturated carbocycles. The van der Waals surface area contributed by atoms with Crippen LogP contribution in [-0.2, 0) is 16.0 Å². The Morgan fingerprint density at radius 3 is 2.63 bits per heavy atom. The molecule has 1 aliphatic heterocycles. The van der Waals surface area contributed by atoms with E-state index in [-0.39, 0.29) is 48.8 Å². The zero-order valence-electron chi connectivity index (χ0n) is 21.7. The van der Waals surface area contributed by atoms with E-state index in [1.807, 2.05) is 25.1 Å². The molecule has 1 aromatic rings. The highest BCUT2D eigenvalue weighted by molar-refractivity contribution is 5.94. The number of aliphatic hydroxyl groups is 1. The SMILES string of the molecule is C[C@@H]1CN([C@@H](C)CO)C(=O)Cc2cc(NC(=O)C3CC3)ccc2O[C@H]1CN(C)CC1CCCCC1. The van der Waals surface area contributed by atoms with Crippen LogP contribution >= 0.6 is 0 Å². The monoisotopic (exact) mass is 485 g/mol. The first-order valence-electron chi connectivity index (χ1n) is 13.5. The molecule has 3 aliphatic rings. The Morgan fingerprint density at radius 1 is 1.20 bits per heavy atom. The van der Waals surface area contributed by atoms with Crippen LogP contribution in [0.5, 0.6) is 5.75 Å². The molecule has 1 aromatic carbocycles. The first-order chi connectivity index (χ1) is 16.8. The molecule has 7 nitrogen and oxygen atoms in total. The maximum atomic E-state index is 13.3. The Morgan fingerprint density at radius 2 is 1.94 bits per heavy atom. The van der Waals surface area contributed by atoms with Crippen LogP contribution in [0.4, 0.5) is 5.69 Å². The van der Waals surface area contributed by atoms with E-state index in [1.54, 1.807) is 4.90 Å². The zero-order valence-corrected chi connectivity index (χ0v) is 21.7. The number of anilines is 1. The molecule has 0 saturated heterocycles. The minimum atomic E-state index is -0.259. The molecule has 0 aromatic heterocycles. The summed E-state index contributed by atoms with van der Waals surface area (Å²) < 4.78 is 6.62. The van der Waals surface area contributed by atoms with Crippen molar-refractivity contribution in [2.75, 3.05) is 38.6 Å². The summed E-state index contributed by atoms with van der Waals surface area (Å²) in [7, 11) is 2.17. The molecule has 0 spiro atoms. The van der Waals surface area contributed by atoms with Gasteiger partial charge >= 0.3 is 0 Å². The predicted octanol–water partition coefficient (Wildman–Crippen LogP) is 3.70. The van der Waals surface area contributed by atoms with Crippen molar-refractivity contribution < 1.29 is 19.4 Å². The van der Waals surface area contributed by atoms with Crippen molar-refractivity contribution in [1.29, 1.82) is 0 Å². The fraction of sp³-hybridized carbons (Fsp3) is 0.714. The molecule has 1 heterocycles. The predicted molar refractivity (Wildman–Crippen MR) is 137 cm³/mol. The summed E-state index contributed by atoms with van der Waals surface area (Å²) in [6.45, 7) is 6.35. The third-order valence-corrected chi connectivity index (χ3v) is 7.92. The van der Waals surface area contributed by atoms with Crippen molar-refractivity contribution in [3.8, 4) is 5.75 Å². The van der Waals surface area contributed by atoms with E-state index in [4.69, 9.17) is 4.74 Å². The Balaban J connectivity index is 1.55. The highest BCUT2D eigenvalue weighted by Gasteiger charge is 2.32. The molecule has 2 amide bonds. The van der Waals surface area contributed by atoms with Gasteiger partial charge in [0.15, 0.2) is 0 Å². The van der Waals surface area contributed by atoms with Gasteiger partial charge in [0.1, 0.15) is 11.9 Å². The van der Waals surface area contributed by atoms with Crippen LogP contribution < -0.4 is 10.1 Å². The molecule has 0 radical (unpaired) electrons. The maximum absolute atomic E-state index is 13.3. The van der Waals surface area contributed by atoms with Gasteiger partial charge in [-0.25, -0.2) is 0 Å². The second-order valence-corrected chi connectivity index (χ2v) is 11.2. The molecule has 3 atom stereocenters. The molecule has 4 rings (SSSR count). The molecule has 194 valence electrons. The molecule has 7 heteroatoms. The quantitative estimate of drug-likeness (QED) is 0.587. The van der Waals surface area contributed by atoms with Gasteiger partial charge in [-0.1, -0.05) is 26.2 Å². The number of aliphatic hydroxyl groups excluding tert-OH is 1. The van der Waals surface area contributed by atoms with Crippen molar-refractivity contribution in [2.24, 2.45) is 17.8 Å². The number of fused-ring (bicyclic) bond motifs is 1. The largest absolute Gasteiger partial charge is 0.488 e. The smallest absolute Gasteiger partial charge is 0.227 e. The lowest BCUT2D eigenvalue weighted by Crippen LogP contribution is -2.48. The summed E-state index contributed by atoms with van der Waals surface area (Å²) in [4.78, 5) is 29.8. The Kier molecular flexibility index (Phi) is 8.71. The number of carbonyl (C=O) groups excluding carboxylic acids is 2. The average molecular weight is 486 g/mol. The standard InChI is InChI=1S/C28H43N3O4/c1-19-15-31(20(2)18-32)27(33)14-23-13-24(29-28(34)22-9-10-22)11-12-25(23)35-26(19)17-30(3)16-21-7-5-4-6-8-21/h11-13,19-22,26,32H,4-10,14-18H2,1-3H3,(H,29,34)/t19-,20+,26+/m1/s1. The molecule has 2 aliphatic carbocycles. The summed E-state index contributed by atoms with van der Waals surface area (Å²) in [5, 5.41) is 12.8. The van der Waals surface area contributed by atoms with Gasteiger partial charge in [0, 0.05) is 42.7 Å². The molecule has 2 N–H and O–H groups in total. The number of likely N-dealkylation sites (N-methyl/N-ethyl adjacent to an activating group) is 1. The second-order valence-electron chi connectivity index (χ2n) is 11.2. The summed E-state index contributed by atoms with van der Waals surface area (Å²) in [6.07, 6.45) is 8.62. The molecule has 0 bridgehead atoms. The van der Waals surface area contributed by atoms with E-state index < -0.39 is 0 Å². The van der Waals surface area contributed by atoms with Gasteiger partial charge in [-0.2, -0.15) is 0 Å². The fourth-order valence-corrected chi connectivity index (χ4v) is 5.51. The van der Waals surface area contributed by atoms with E-state index in [9.17, 15) is 14.7 Å². The summed E-state index contributed by atoms with van der Waals surface area (Å²) in [6, 6.07) is 5.40. The van der Waals surface area contributed by atoms with Crippen LogP contribution in [0.1, 0.15) is 64.4 Å². The highest BCUT2D eigenvalue weighted by Crippen LogP contribution is 2.33. The molecular weight excluding hydrogens is 442 g/mol. The Labute approximate surface area is 210 Å². The summed E-state index contributed by atoms with van der Waals surface area (Å²) >= 11 is 0. The number of ether oxygens (including phenoxy) is 1. The molecule has 0 unspecified atom stereocenters. The van der Waals surface area contributed by atoms with E-state index in [0.29, 0.717) is 18.0 Å². The van der Waals surface area contributed by atoms with Crippen LogP contribution in [-0.4, -0.2) is 72.2 Å². The van der Waals surface area contributed by atoms with E-state index >= 15 is 0 Å². The van der Waals surface area contributed by atoms with Crippen LogP contribution in [0.25, 0.3) is 0 Å². The summed E-state index contributed by atoms with van der Waals surface area (Å²) in [5.74, 6) is 1.70. The first-order valence-corrected chi connectivity index (χ1v) is 13.5. The first kappa shape index (κ1) is 26.0. The number of hydrogen-bond donors (Lipinski definition) is 2. The highest BCUT2D eigenvalue weighted by atomic mass is 16.5. The van der Waals surface area contributed by atoms with Gasteiger partial charge in [0.25, 0.3) is 0 Å².